The number of carbonyl (C=O) groups excluding carboxylic acids is 1. The predicted octanol–water partition coefficient (Wildman–Crippen LogP) is 0.372. The molecule has 0 bridgehead atoms. The van der Waals surface area contributed by atoms with Crippen LogP contribution in [-0.2, 0) is 25.9 Å². The van der Waals surface area contributed by atoms with E-state index in [2.05, 4.69) is 4.90 Å². The summed E-state index contributed by atoms with van der Waals surface area (Å²) in [5.74, 6) is 0.354. The van der Waals surface area contributed by atoms with Crippen LogP contribution in [0.1, 0.15) is 12.2 Å². The zero-order chi connectivity index (χ0) is 17.3. The maximum atomic E-state index is 12.4. The molecule has 3 rings (SSSR count). The standard InChI is InChI=1S/C16H24N2O5S/c1-22-15-5-6-18(16(19)11-24(2,20)21)14-10-17(9-13(14)15)8-12-4-3-7-23-12/h3-4,7,13-15H,5-6,8-11H2,1-2H3/t13-,14+,15-/m1/s1. The van der Waals surface area contributed by atoms with Crippen LogP contribution >= 0.6 is 0 Å². The molecule has 3 atom stereocenters. The first-order chi connectivity index (χ1) is 11.4. The highest BCUT2D eigenvalue weighted by Crippen LogP contribution is 2.33. The first kappa shape index (κ1) is 17.4. The summed E-state index contributed by atoms with van der Waals surface area (Å²) in [6.07, 6.45) is 3.58. The molecule has 2 saturated heterocycles. The van der Waals surface area contributed by atoms with Crippen LogP contribution in [0.25, 0.3) is 0 Å². The van der Waals surface area contributed by atoms with Crippen molar-refractivity contribution in [1.82, 2.24) is 9.80 Å². The molecule has 8 heteroatoms. The molecule has 2 aliphatic rings. The molecule has 2 fully saturated rings. The second-order valence-electron chi connectivity index (χ2n) is 6.72. The van der Waals surface area contributed by atoms with Crippen LogP contribution in [0.15, 0.2) is 22.8 Å². The largest absolute Gasteiger partial charge is 0.468 e. The van der Waals surface area contributed by atoms with Crippen molar-refractivity contribution in [2.45, 2.75) is 25.1 Å². The van der Waals surface area contributed by atoms with Crippen molar-refractivity contribution in [2.75, 3.05) is 38.8 Å². The molecule has 0 saturated carbocycles. The van der Waals surface area contributed by atoms with Gasteiger partial charge in [0, 0.05) is 38.9 Å². The molecule has 0 radical (unpaired) electrons. The van der Waals surface area contributed by atoms with Crippen LogP contribution in [0, 0.1) is 5.92 Å². The van der Waals surface area contributed by atoms with Gasteiger partial charge in [-0.05, 0) is 18.6 Å². The summed E-state index contributed by atoms with van der Waals surface area (Å²) < 4.78 is 34.0. The van der Waals surface area contributed by atoms with Crippen molar-refractivity contribution in [3.05, 3.63) is 24.2 Å². The van der Waals surface area contributed by atoms with E-state index in [1.807, 2.05) is 12.1 Å². The zero-order valence-electron chi connectivity index (χ0n) is 14.1. The molecular formula is C16H24N2O5S. The fourth-order valence-corrected chi connectivity index (χ4v) is 4.51. The Morgan fingerprint density at radius 1 is 1.42 bits per heavy atom. The Hall–Kier alpha value is -1.38. The van der Waals surface area contributed by atoms with E-state index in [0.29, 0.717) is 19.6 Å². The minimum atomic E-state index is -3.33. The molecular weight excluding hydrogens is 332 g/mol. The third kappa shape index (κ3) is 3.81. The van der Waals surface area contributed by atoms with Crippen LogP contribution < -0.4 is 0 Å². The van der Waals surface area contributed by atoms with Crippen molar-refractivity contribution in [1.29, 1.82) is 0 Å². The number of piperidine rings is 1. The number of rotatable bonds is 5. The number of furan rings is 1. The van der Waals surface area contributed by atoms with E-state index in [4.69, 9.17) is 9.15 Å². The summed E-state index contributed by atoms with van der Waals surface area (Å²) in [7, 11) is -1.63. The van der Waals surface area contributed by atoms with Gasteiger partial charge in [0.25, 0.3) is 0 Å². The molecule has 1 aromatic rings. The lowest BCUT2D eigenvalue weighted by Gasteiger charge is -2.41. The predicted molar refractivity (Wildman–Crippen MR) is 88.1 cm³/mol. The Labute approximate surface area is 142 Å². The summed E-state index contributed by atoms with van der Waals surface area (Å²) in [6.45, 7) is 2.75. The number of nitrogens with zero attached hydrogens (tertiary/aromatic N) is 2. The molecule has 7 nitrogen and oxygen atoms in total. The van der Waals surface area contributed by atoms with Crippen molar-refractivity contribution < 1.29 is 22.4 Å². The van der Waals surface area contributed by atoms with Gasteiger partial charge in [0.05, 0.1) is 25.0 Å². The van der Waals surface area contributed by atoms with E-state index in [0.717, 1.165) is 25.0 Å². The number of carbonyl (C=O) groups is 1. The van der Waals surface area contributed by atoms with E-state index in [-0.39, 0.29) is 24.0 Å². The summed E-state index contributed by atoms with van der Waals surface area (Å²) in [5.41, 5.74) is 0. The number of likely N-dealkylation sites (tertiary alicyclic amines) is 2. The van der Waals surface area contributed by atoms with Crippen LogP contribution in [0.2, 0.25) is 0 Å². The van der Waals surface area contributed by atoms with Gasteiger partial charge in [-0.1, -0.05) is 0 Å². The number of hydrogen-bond acceptors (Lipinski definition) is 6. The van der Waals surface area contributed by atoms with Crippen LogP contribution in [0.4, 0.5) is 0 Å². The molecule has 2 aliphatic heterocycles. The summed E-state index contributed by atoms with van der Waals surface area (Å²) in [6, 6.07) is 3.79. The smallest absolute Gasteiger partial charge is 0.238 e. The Kier molecular flexibility index (Phi) is 4.98. The molecule has 0 aromatic carbocycles. The molecule has 0 spiro atoms. The Balaban J connectivity index is 1.73. The average Bonchev–Trinajstić information content (AvgIpc) is 3.13. The minimum Gasteiger partial charge on any atom is -0.468 e. The molecule has 1 amide bonds. The van der Waals surface area contributed by atoms with Gasteiger partial charge < -0.3 is 14.1 Å². The first-order valence-corrected chi connectivity index (χ1v) is 10.2. The quantitative estimate of drug-likeness (QED) is 0.758. The lowest BCUT2D eigenvalue weighted by Crippen LogP contribution is -2.54. The maximum Gasteiger partial charge on any atom is 0.238 e. The van der Waals surface area contributed by atoms with Crippen molar-refractivity contribution in [2.24, 2.45) is 5.92 Å². The van der Waals surface area contributed by atoms with E-state index < -0.39 is 15.6 Å². The average molecular weight is 356 g/mol. The van der Waals surface area contributed by atoms with Crippen LogP contribution in [-0.4, -0.2) is 75.0 Å². The van der Waals surface area contributed by atoms with Gasteiger partial charge in [-0.25, -0.2) is 8.42 Å². The summed E-state index contributed by atoms with van der Waals surface area (Å²) >= 11 is 0. The lowest BCUT2D eigenvalue weighted by molar-refractivity contribution is -0.135. The topological polar surface area (TPSA) is 80.1 Å². The molecule has 0 N–H and O–H groups in total. The van der Waals surface area contributed by atoms with Gasteiger partial charge in [0.2, 0.25) is 5.91 Å². The SMILES string of the molecule is CO[C@@H]1CCN(C(=O)CS(C)(=O)=O)[C@H]2CN(Cc3ccco3)C[C@@H]12. The number of amides is 1. The Bertz CT molecular complexity index is 673. The molecule has 0 unspecified atom stereocenters. The van der Waals surface area contributed by atoms with Crippen molar-refractivity contribution >= 4 is 15.7 Å². The number of ether oxygens (including phenoxy) is 1. The van der Waals surface area contributed by atoms with Crippen molar-refractivity contribution in [3.63, 3.8) is 0 Å². The highest BCUT2D eigenvalue weighted by atomic mass is 32.2. The zero-order valence-corrected chi connectivity index (χ0v) is 14.9. The fraction of sp³-hybridized carbons (Fsp3) is 0.688. The molecule has 3 heterocycles. The molecule has 134 valence electrons. The molecule has 24 heavy (non-hydrogen) atoms. The lowest BCUT2D eigenvalue weighted by atomic mass is 9.89. The van der Waals surface area contributed by atoms with Gasteiger partial charge in [0.1, 0.15) is 11.5 Å². The van der Waals surface area contributed by atoms with Crippen LogP contribution in [0.3, 0.4) is 0 Å². The fourth-order valence-electron chi connectivity index (χ4n) is 3.90. The molecule has 0 aliphatic carbocycles. The maximum absolute atomic E-state index is 12.4. The number of sulfone groups is 1. The van der Waals surface area contributed by atoms with E-state index >= 15 is 0 Å². The number of fused-ring (bicyclic) bond motifs is 1. The minimum absolute atomic E-state index is 0.00656. The number of methoxy groups -OCH3 is 1. The number of hydrogen-bond donors (Lipinski definition) is 0. The third-order valence-electron chi connectivity index (χ3n) is 4.91. The van der Waals surface area contributed by atoms with E-state index in [1.54, 1.807) is 18.3 Å². The Morgan fingerprint density at radius 3 is 2.83 bits per heavy atom. The Morgan fingerprint density at radius 2 is 2.21 bits per heavy atom. The van der Waals surface area contributed by atoms with Gasteiger partial charge in [-0.15, -0.1) is 0 Å². The third-order valence-corrected chi connectivity index (χ3v) is 5.68. The second kappa shape index (κ2) is 6.85. The van der Waals surface area contributed by atoms with Gasteiger partial charge in [0.15, 0.2) is 9.84 Å². The van der Waals surface area contributed by atoms with E-state index in [9.17, 15) is 13.2 Å². The molecule has 1 aromatic heterocycles. The van der Waals surface area contributed by atoms with Crippen LogP contribution in [0.5, 0.6) is 0 Å². The second-order valence-corrected chi connectivity index (χ2v) is 8.86. The monoisotopic (exact) mass is 356 g/mol. The van der Waals surface area contributed by atoms with Gasteiger partial charge in [-0.3, -0.25) is 9.69 Å². The first-order valence-electron chi connectivity index (χ1n) is 8.12. The van der Waals surface area contributed by atoms with E-state index in [1.165, 1.54) is 0 Å². The highest BCUT2D eigenvalue weighted by molar-refractivity contribution is 7.91. The van der Waals surface area contributed by atoms with Gasteiger partial charge >= 0.3 is 0 Å². The highest BCUT2D eigenvalue weighted by Gasteiger charge is 2.46. The summed E-state index contributed by atoms with van der Waals surface area (Å²) in [5, 5.41) is 0. The van der Waals surface area contributed by atoms with Gasteiger partial charge in [-0.2, -0.15) is 0 Å². The summed E-state index contributed by atoms with van der Waals surface area (Å²) in [4.78, 5) is 16.4. The normalized spacial score (nSPS) is 28.1. The van der Waals surface area contributed by atoms with Crippen molar-refractivity contribution in [3.8, 4) is 0 Å².